The summed E-state index contributed by atoms with van der Waals surface area (Å²) in [4.78, 5) is 14.7. The SMILES string of the molecule is C[C@@H]1CCCC[C@@H]1NC(=O)C[NH+](C)Cc1cccs1. The Morgan fingerprint density at radius 2 is 2.26 bits per heavy atom. The van der Waals surface area contributed by atoms with Crippen LogP contribution in [0.4, 0.5) is 0 Å². The second-order valence-corrected chi connectivity index (χ2v) is 6.86. The Labute approximate surface area is 120 Å². The fourth-order valence-corrected chi connectivity index (χ4v) is 3.65. The van der Waals surface area contributed by atoms with Crippen molar-refractivity contribution in [2.75, 3.05) is 13.6 Å². The molecule has 1 heterocycles. The van der Waals surface area contributed by atoms with E-state index in [4.69, 9.17) is 0 Å². The number of carbonyl (C=O) groups excluding carboxylic acids is 1. The molecule has 0 bridgehead atoms. The van der Waals surface area contributed by atoms with Gasteiger partial charge in [0.15, 0.2) is 6.54 Å². The Balaban J connectivity index is 1.74. The standard InChI is InChI=1S/C15H24N2OS/c1-12-6-3-4-8-14(12)16-15(18)11-17(2)10-13-7-5-9-19-13/h5,7,9,12,14H,3-4,6,8,10-11H2,1-2H3,(H,16,18)/p+1/t12-,14+/m1/s1. The number of hydrogen-bond acceptors (Lipinski definition) is 2. The van der Waals surface area contributed by atoms with E-state index < -0.39 is 0 Å². The molecule has 3 nitrogen and oxygen atoms in total. The lowest BCUT2D eigenvalue weighted by atomic mass is 9.86. The minimum Gasteiger partial charge on any atom is -0.348 e. The van der Waals surface area contributed by atoms with Crippen molar-refractivity contribution in [1.82, 2.24) is 5.32 Å². The van der Waals surface area contributed by atoms with Gasteiger partial charge in [-0.05, 0) is 30.2 Å². The minimum absolute atomic E-state index is 0.202. The maximum absolute atomic E-state index is 12.1. The molecule has 1 saturated carbocycles. The van der Waals surface area contributed by atoms with Crippen LogP contribution in [0.5, 0.6) is 0 Å². The highest BCUT2D eigenvalue weighted by Crippen LogP contribution is 2.23. The van der Waals surface area contributed by atoms with Crippen molar-refractivity contribution in [1.29, 1.82) is 0 Å². The van der Waals surface area contributed by atoms with Crippen molar-refractivity contribution in [3.63, 3.8) is 0 Å². The zero-order valence-corrected chi connectivity index (χ0v) is 12.8. The third-order valence-corrected chi connectivity index (χ3v) is 4.85. The third kappa shape index (κ3) is 4.62. The molecule has 2 N–H and O–H groups in total. The fraction of sp³-hybridized carbons (Fsp3) is 0.667. The molecule has 0 aliphatic heterocycles. The van der Waals surface area contributed by atoms with Gasteiger partial charge in [-0.3, -0.25) is 4.79 Å². The zero-order valence-electron chi connectivity index (χ0n) is 11.9. The molecule has 19 heavy (non-hydrogen) atoms. The summed E-state index contributed by atoms with van der Waals surface area (Å²) in [5, 5.41) is 5.31. The topological polar surface area (TPSA) is 33.5 Å². The summed E-state index contributed by atoms with van der Waals surface area (Å²) < 4.78 is 0. The van der Waals surface area contributed by atoms with Gasteiger partial charge in [0.1, 0.15) is 6.54 Å². The highest BCUT2D eigenvalue weighted by molar-refractivity contribution is 7.09. The van der Waals surface area contributed by atoms with Crippen molar-refractivity contribution < 1.29 is 9.69 Å². The number of nitrogens with one attached hydrogen (secondary N) is 2. The first-order valence-electron chi connectivity index (χ1n) is 7.28. The van der Waals surface area contributed by atoms with Crippen molar-refractivity contribution >= 4 is 17.2 Å². The molecule has 0 spiro atoms. The van der Waals surface area contributed by atoms with Gasteiger partial charge in [0, 0.05) is 6.04 Å². The Hall–Kier alpha value is -0.870. The smallest absolute Gasteiger partial charge is 0.275 e. The number of carbonyl (C=O) groups is 1. The predicted octanol–water partition coefficient (Wildman–Crippen LogP) is 1.46. The van der Waals surface area contributed by atoms with Gasteiger partial charge in [-0.25, -0.2) is 0 Å². The molecule has 0 aromatic carbocycles. The molecule has 3 atom stereocenters. The predicted molar refractivity (Wildman–Crippen MR) is 79.3 cm³/mol. The van der Waals surface area contributed by atoms with Crippen LogP contribution in [-0.4, -0.2) is 25.5 Å². The van der Waals surface area contributed by atoms with Crippen LogP contribution in [0.2, 0.25) is 0 Å². The Bertz CT molecular complexity index is 391. The van der Waals surface area contributed by atoms with Gasteiger partial charge in [0.05, 0.1) is 11.9 Å². The molecular weight excluding hydrogens is 256 g/mol. The second-order valence-electron chi connectivity index (χ2n) is 5.83. The van der Waals surface area contributed by atoms with E-state index in [0.717, 1.165) is 13.0 Å². The van der Waals surface area contributed by atoms with Crippen LogP contribution in [0.25, 0.3) is 0 Å². The van der Waals surface area contributed by atoms with Gasteiger partial charge >= 0.3 is 0 Å². The molecule has 0 saturated heterocycles. The molecule has 1 unspecified atom stereocenters. The highest BCUT2D eigenvalue weighted by Gasteiger charge is 2.23. The lowest BCUT2D eigenvalue weighted by molar-refractivity contribution is -0.885. The summed E-state index contributed by atoms with van der Waals surface area (Å²) in [5.41, 5.74) is 0. The summed E-state index contributed by atoms with van der Waals surface area (Å²) in [7, 11) is 2.09. The van der Waals surface area contributed by atoms with E-state index in [2.05, 4.69) is 36.8 Å². The summed E-state index contributed by atoms with van der Waals surface area (Å²) in [5.74, 6) is 0.836. The fourth-order valence-electron chi connectivity index (χ4n) is 2.84. The molecule has 1 aliphatic carbocycles. The van der Waals surface area contributed by atoms with Crippen LogP contribution < -0.4 is 10.2 Å². The summed E-state index contributed by atoms with van der Waals surface area (Å²) >= 11 is 1.76. The van der Waals surface area contributed by atoms with Gasteiger partial charge in [0.25, 0.3) is 5.91 Å². The number of hydrogen-bond donors (Lipinski definition) is 2. The molecule has 1 amide bonds. The van der Waals surface area contributed by atoms with E-state index in [9.17, 15) is 4.79 Å². The number of quaternary nitrogens is 1. The molecule has 106 valence electrons. The van der Waals surface area contributed by atoms with Crippen LogP contribution in [0.15, 0.2) is 17.5 Å². The summed E-state index contributed by atoms with van der Waals surface area (Å²) in [6.07, 6.45) is 4.98. The van der Waals surface area contributed by atoms with Crippen molar-refractivity contribution in [2.45, 2.75) is 45.2 Å². The molecule has 1 aromatic rings. The van der Waals surface area contributed by atoms with E-state index in [0.29, 0.717) is 18.5 Å². The lowest BCUT2D eigenvalue weighted by Crippen LogP contribution is -3.08. The average molecular weight is 281 g/mol. The average Bonchev–Trinajstić information content (AvgIpc) is 2.84. The zero-order chi connectivity index (χ0) is 13.7. The second kappa shape index (κ2) is 7.06. The van der Waals surface area contributed by atoms with Crippen LogP contribution in [0, 0.1) is 5.92 Å². The first-order valence-corrected chi connectivity index (χ1v) is 8.16. The Kier molecular flexibility index (Phi) is 5.40. The van der Waals surface area contributed by atoms with Crippen molar-refractivity contribution in [2.24, 2.45) is 5.92 Å². The molecule has 1 aliphatic rings. The van der Waals surface area contributed by atoms with E-state index in [1.165, 1.54) is 29.0 Å². The quantitative estimate of drug-likeness (QED) is 0.842. The van der Waals surface area contributed by atoms with Crippen molar-refractivity contribution in [3.05, 3.63) is 22.4 Å². The maximum Gasteiger partial charge on any atom is 0.275 e. The van der Waals surface area contributed by atoms with Gasteiger partial charge in [-0.1, -0.05) is 25.8 Å². The molecule has 0 radical (unpaired) electrons. The van der Waals surface area contributed by atoms with E-state index in [-0.39, 0.29) is 5.91 Å². The molecule has 1 aromatic heterocycles. The molecular formula is C15H25N2OS+. The molecule has 4 heteroatoms. The number of thiophene rings is 1. The monoisotopic (exact) mass is 281 g/mol. The van der Waals surface area contributed by atoms with E-state index in [1.807, 2.05) is 0 Å². The van der Waals surface area contributed by atoms with Crippen molar-refractivity contribution in [3.8, 4) is 0 Å². The lowest BCUT2D eigenvalue weighted by Gasteiger charge is -2.29. The summed E-state index contributed by atoms with van der Waals surface area (Å²) in [6, 6.07) is 4.60. The van der Waals surface area contributed by atoms with Gasteiger partial charge in [0.2, 0.25) is 0 Å². The largest absolute Gasteiger partial charge is 0.348 e. The number of amides is 1. The normalized spacial score (nSPS) is 24.9. The molecule has 2 rings (SSSR count). The highest BCUT2D eigenvalue weighted by atomic mass is 32.1. The third-order valence-electron chi connectivity index (χ3n) is 3.98. The first kappa shape index (κ1) is 14.5. The first-order chi connectivity index (χ1) is 9.15. The molecule has 1 fully saturated rings. The Morgan fingerprint density at radius 3 is 2.95 bits per heavy atom. The van der Waals surface area contributed by atoms with Crippen LogP contribution >= 0.6 is 11.3 Å². The van der Waals surface area contributed by atoms with Crippen LogP contribution in [-0.2, 0) is 11.3 Å². The van der Waals surface area contributed by atoms with Crippen LogP contribution in [0.1, 0.15) is 37.5 Å². The van der Waals surface area contributed by atoms with E-state index >= 15 is 0 Å². The maximum atomic E-state index is 12.1. The van der Waals surface area contributed by atoms with E-state index in [1.54, 1.807) is 11.3 Å². The van der Waals surface area contributed by atoms with Gasteiger partial charge in [-0.2, -0.15) is 0 Å². The number of rotatable bonds is 5. The van der Waals surface area contributed by atoms with Gasteiger partial charge < -0.3 is 10.2 Å². The minimum atomic E-state index is 0.202. The Morgan fingerprint density at radius 1 is 1.47 bits per heavy atom. The summed E-state index contributed by atoms with van der Waals surface area (Å²) in [6.45, 7) is 3.76. The van der Waals surface area contributed by atoms with Gasteiger partial charge in [-0.15, -0.1) is 11.3 Å². The van der Waals surface area contributed by atoms with Crippen LogP contribution in [0.3, 0.4) is 0 Å². The number of likely N-dealkylation sites (N-methyl/N-ethyl adjacent to an activating group) is 1.